The van der Waals surface area contributed by atoms with Gasteiger partial charge >= 0.3 is 0 Å². The molecule has 0 spiro atoms. The number of rotatable bonds is 7. The van der Waals surface area contributed by atoms with Crippen LogP contribution < -0.4 is 32.9 Å². The summed E-state index contributed by atoms with van der Waals surface area (Å²) in [4.78, 5) is 79.1. The van der Waals surface area contributed by atoms with Gasteiger partial charge in [-0.05, 0) is 83.6 Å². The van der Waals surface area contributed by atoms with Gasteiger partial charge in [-0.2, -0.15) is 0 Å². The fraction of sp³-hybridized carbons (Fsp3) is 0.0980. The number of carbonyl (C=O) groups excluding carboxylic acids is 2. The largest absolute Gasteiger partial charge is 0.321 e. The summed E-state index contributed by atoms with van der Waals surface area (Å²) in [6.45, 7) is 2.05. The first-order valence-electron chi connectivity index (χ1n) is 18.5. The van der Waals surface area contributed by atoms with Gasteiger partial charge in [0.05, 0.1) is 27.2 Å². The van der Waals surface area contributed by atoms with Gasteiger partial charge in [0.2, 0.25) is 0 Å². The molecule has 61 heavy (non-hydrogen) atoms. The minimum Gasteiger partial charge on any atom is -0.321 e. The Morgan fingerprint density at radius 1 is 0.459 bits per heavy atom. The van der Waals surface area contributed by atoms with Crippen molar-refractivity contribution in [3.8, 4) is 5.69 Å². The van der Waals surface area contributed by atoms with Crippen molar-refractivity contribution in [2.75, 3.05) is 10.6 Å². The summed E-state index contributed by atoms with van der Waals surface area (Å²) < 4.78 is 2.00. The summed E-state index contributed by atoms with van der Waals surface area (Å²) >= 11 is 0. The van der Waals surface area contributed by atoms with E-state index in [-0.39, 0.29) is 55.6 Å². The van der Waals surface area contributed by atoms with Crippen LogP contribution in [-0.4, -0.2) is 20.9 Å². The molecule has 2 heterocycles. The second kappa shape index (κ2) is 16.7. The van der Waals surface area contributed by atoms with Crippen molar-refractivity contribution in [2.24, 2.45) is 7.05 Å². The van der Waals surface area contributed by atoms with Crippen LogP contribution in [0.1, 0.15) is 59.7 Å². The number of fused-ring (bicyclic) bond motifs is 4. The molecule has 0 aliphatic heterocycles. The van der Waals surface area contributed by atoms with E-state index in [1.807, 2.05) is 79.7 Å². The van der Waals surface area contributed by atoms with Gasteiger partial charge in [0.15, 0.2) is 0 Å². The predicted molar refractivity (Wildman–Crippen MR) is 251 cm³/mol. The fourth-order valence-electron chi connectivity index (χ4n) is 7.56. The minimum atomic E-state index is -0.610. The Kier molecular flexibility index (Phi) is 11.7. The molecule has 0 radical (unpaired) electrons. The van der Waals surface area contributed by atoms with E-state index in [1.54, 1.807) is 60.7 Å². The zero-order valence-corrected chi connectivity index (χ0v) is 31.2. The fourth-order valence-corrected chi connectivity index (χ4v) is 7.56. The van der Waals surface area contributed by atoms with Crippen LogP contribution in [0.5, 0.6) is 0 Å². The number of anilines is 2. The average Bonchev–Trinajstić information content (AvgIpc) is 3.61. The van der Waals surface area contributed by atoms with Crippen molar-refractivity contribution < 1.29 is 9.59 Å². The second-order valence-corrected chi connectivity index (χ2v) is 14.2. The third-order valence-electron chi connectivity index (χ3n) is 10.7. The molecule has 0 fully saturated rings. The molecule has 9 aromatic rings. The molecular weight excluding hydrogens is 765 g/mol. The molecule has 304 valence electrons. The number of hydrogen-bond donors (Lipinski definition) is 2. The monoisotopic (exact) mass is 808 g/mol. The molecule has 10 nitrogen and oxygen atoms in total. The number of nitrogens with one attached hydrogen (secondary N) is 2. The van der Waals surface area contributed by atoms with Gasteiger partial charge in [-0.15, -0.1) is 0 Å². The quantitative estimate of drug-likeness (QED) is 0.154. The van der Waals surface area contributed by atoms with E-state index in [0.29, 0.717) is 33.3 Å². The van der Waals surface area contributed by atoms with Gasteiger partial charge in [-0.3, -0.25) is 33.3 Å². The highest BCUT2D eigenvalue weighted by molar-refractivity contribution is 6.11. The maximum absolute atomic E-state index is 13.7. The van der Waals surface area contributed by atoms with E-state index >= 15 is 0 Å². The number of aromatic nitrogens is 2. The first-order valence-corrected chi connectivity index (χ1v) is 18.5. The van der Waals surface area contributed by atoms with Gasteiger partial charge < -0.3 is 10.6 Å². The van der Waals surface area contributed by atoms with Crippen LogP contribution >= 0.6 is 0 Å². The van der Waals surface area contributed by atoms with E-state index < -0.39 is 22.2 Å². The summed E-state index contributed by atoms with van der Waals surface area (Å²) in [6.07, 6.45) is 3.85. The van der Waals surface area contributed by atoms with Gasteiger partial charge in [-0.1, -0.05) is 113 Å². The highest BCUT2D eigenvalue weighted by atomic mass is 16.2. The van der Waals surface area contributed by atoms with Crippen molar-refractivity contribution in [3.05, 3.63) is 203 Å². The topological polar surface area (TPSA) is 136 Å². The van der Waals surface area contributed by atoms with Crippen LogP contribution in [0.25, 0.3) is 60.9 Å². The van der Waals surface area contributed by atoms with Crippen molar-refractivity contribution in [1.82, 2.24) is 9.13 Å². The molecule has 2 aromatic heterocycles. The summed E-state index contributed by atoms with van der Waals surface area (Å²) in [5.74, 6) is -0.545. The minimum absolute atomic E-state index is 0. The SMILES string of the molecule is C.C.C.Cc1cccc2c(NC(=O)c3ccc(/C=C/c4ccc(C(=O)Nc5cccc6c(-n7c(=O)c8cc9c(=O)n(C)c(=O)c9cc8c7=O)cccc56)cc4)cc3)cccc12. The molecule has 7 aromatic carbocycles. The van der Waals surface area contributed by atoms with Crippen LogP contribution in [0.4, 0.5) is 11.4 Å². The molecule has 9 rings (SSSR count). The zero-order chi connectivity index (χ0) is 40.2. The summed E-state index contributed by atoms with van der Waals surface area (Å²) in [7, 11) is 1.35. The van der Waals surface area contributed by atoms with Gasteiger partial charge in [0, 0.05) is 45.7 Å². The first kappa shape index (κ1) is 42.6. The Hall–Kier alpha value is -7.98. The Labute approximate surface area is 351 Å². The normalized spacial score (nSPS) is 11.0. The van der Waals surface area contributed by atoms with Gasteiger partial charge in [0.1, 0.15) is 0 Å². The molecular formula is C51H44N4O6. The van der Waals surface area contributed by atoms with Crippen LogP contribution in [-0.2, 0) is 7.05 Å². The number of amides is 2. The van der Waals surface area contributed by atoms with Crippen molar-refractivity contribution in [1.29, 1.82) is 0 Å². The zero-order valence-electron chi connectivity index (χ0n) is 31.2. The van der Waals surface area contributed by atoms with E-state index in [9.17, 15) is 28.8 Å². The molecule has 0 aliphatic rings. The number of aryl methyl sites for hydroxylation is 1. The first-order chi connectivity index (χ1) is 28.1. The van der Waals surface area contributed by atoms with E-state index in [0.717, 1.165) is 42.3 Å². The smallest absolute Gasteiger partial charge is 0.266 e. The van der Waals surface area contributed by atoms with Gasteiger partial charge in [-0.25, -0.2) is 4.57 Å². The molecule has 0 aliphatic carbocycles. The number of nitrogens with zero attached hydrogens (tertiary/aromatic N) is 2. The lowest BCUT2D eigenvalue weighted by Gasteiger charge is -2.12. The molecule has 2 N–H and O–H groups in total. The van der Waals surface area contributed by atoms with Crippen molar-refractivity contribution in [2.45, 2.75) is 29.2 Å². The third kappa shape index (κ3) is 7.36. The Bertz CT molecular complexity index is 3340. The molecule has 0 unspecified atom stereocenters. The molecule has 0 atom stereocenters. The van der Waals surface area contributed by atoms with Crippen LogP contribution in [0.2, 0.25) is 0 Å². The average molecular weight is 809 g/mol. The lowest BCUT2D eigenvalue weighted by molar-refractivity contribution is 0.101. The van der Waals surface area contributed by atoms with Gasteiger partial charge in [0.25, 0.3) is 34.1 Å². The molecule has 0 bridgehead atoms. The van der Waals surface area contributed by atoms with Crippen LogP contribution in [0.3, 0.4) is 0 Å². The maximum atomic E-state index is 13.7. The lowest BCUT2D eigenvalue weighted by Crippen LogP contribution is -2.23. The molecule has 0 saturated carbocycles. The van der Waals surface area contributed by atoms with E-state index in [4.69, 9.17) is 0 Å². The standard InChI is InChI=1S/C48H32N4O6.3CH4/c1-27-7-3-9-33-32(27)8-4-12-40(33)49-43(53)30-21-17-28(18-22-30)15-16-29-19-23-31(24-20-29)44(54)50-41-13-5-11-35-34(41)10-6-14-42(35)52-47(57)38-25-36-37(26-39(38)48(52)58)46(56)51(2)45(36)55;;;/h3-26H,1-2H3,(H,49,53)(H,50,54);3*1H4/b16-15+;;;. The summed E-state index contributed by atoms with van der Waals surface area (Å²) in [5.41, 5.74) is 3.13. The van der Waals surface area contributed by atoms with Crippen molar-refractivity contribution in [3.63, 3.8) is 0 Å². The second-order valence-electron chi connectivity index (χ2n) is 14.2. The van der Waals surface area contributed by atoms with Crippen LogP contribution in [0.15, 0.2) is 153 Å². The number of hydrogen-bond acceptors (Lipinski definition) is 6. The highest BCUT2D eigenvalue weighted by Crippen LogP contribution is 2.29. The lowest BCUT2D eigenvalue weighted by atomic mass is 10.0. The molecule has 2 amide bonds. The van der Waals surface area contributed by atoms with Crippen LogP contribution in [0, 0.1) is 6.92 Å². The summed E-state index contributed by atoms with van der Waals surface area (Å²) in [5, 5.41) is 9.50. The Morgan fingerprint density at radius 3 is 1.34 bits per heavy atom. The van der Waals surface area contributed by atoms with E-state index in [1.165, 1.54) is 19.2 Å². The molecule has 10 heteroatoms. The molecule has 0 saturated heterocycles. The Morgan fingerprint density at radius 2 is 0.852 bits per heavy atom. The summed E-state index contributed by atoms with van der Waals surface area (Å²) in [6, 6.07) is 39.3. The Balaban J connectivity index is 0.00000207. The third-order valence-corrected chi connectivity index (χ3v) is 10.7. The highest BCUT2D eigenvalue weighted by Gasteiger charge is 2.21. The number of benzene rings is 7. The predicted octanol–water partition coefficient (Wildman–Crippen LogP) is 9.64. The van der Waals surface area contributed by atoms with Crippen molar-refractivity contribution >= 4 is 78.4 Å². The van der Waals surface area contributed by atoms with E-state index in [2.05, 4.69) is 10.6 Å². The number of carbonyl (C=O) groups is 2. The maximum Gasteiger partial charge on any atom is 0.266 e.